The van der Waals surface area contributed by atoms with Crippen molar-refractivity contribution in [3.05, 3.63) is 65.7 Å². The minimum absolute atomic E-state index is 0.275. The second kappa shape index (κ2) is 7.48. The van der Waals surface area contributed by atoms with Gasteiger partial charge in [0, 0.05) is 5.69 Å². The molecular formula is C18H21NO2. The molecule has 21 heavy (non-hydrogen) atoms. The van der Waals surface area contributed by atoms with E-state index in [4.69, 9.17) is 4.74 Å². The van der Waals surface area contributed by atoms with Gasteiger partial charge in [0.25, 0.3) is 0 Å². The Morgan fingerprint density at radius 3 is 2.38 bits per heavy atom. The van der Waals surface area contributed by atoms with Gasteiger partial charge in [0.15, 0.2) is 0 Å². The Kier molecular flexibility index (Phi) is 5.38. The highest BCUT2D eigenvalue weighted by Crippen LogP contribution is 2.20. The van der Waals surface area contributed by atoms with Crippen LogP contribution >= 0.6 is 0 Å². The number of hydrogen-bond acceptors (Lipinski definition) is 2. The predicted molar refractivity (Wildman–Crippen MR) is 85.4 cm³/mol. The number of carbonyl (C=O) groups is 1. The van der Waals surface area contributed by atoms with Gasteiger partial charge >= 0.3 is 6.09 Å². The van der Waals surface area contributed by atoms with E-state index < -0.39 is 6.09 Å². The Bertz CT molecular complexity index is 564. The fourth-order valence-electron chi connectivity index (χ4n) is 2.01. The number of carbonyl (C=O) groups excluding carboxylic acids is 1. The highest BCUT2D eigenvalue weighted by molar-refractivity contribution is 5.84. The second-order valence-electron chi connectivity index (χ2n) is 5.12. The van der Waals surface area contributed by atoms with Crippen molar-refractivity contribution >= 4 is 11.8 Å². The van der Waals surface area contributed by atoms with E-state index in [-0.39, 0.29) is 6.61 Å². The van der Waals surface area contributed by atoms with Crippen LogP contribution in [0.2, 0.25) is 0 Å². The zero-order chi connectivity index (χ0) is 15.1. The van der Waals surface area contributed by atoms with Gasteiger partial charge in [0.05, 0.1) is 0 Å². The molecule has 0 aliphatic carbocycles. The largest absolute Gasteiger partial charge is 0.444 e. The molecule has 3 nitrogen and oxygen atoms in total. The van der Waals surface area contributed by atoms with Crippen molar-refractivity contribution in [2.24, 2.45) is 0 Å². The molecule has 3 heteroatoms. The topological polar surface area (TPSA) is 38.3 Å². The molecule has 0 radical (unpaired) electrons. The van der Waals surface area contributed by atoms with E-state index in [1.54, 1.807) is 0 Å². The maximum atomic E-state index is 11.7. The summed E-state index contributed by atoms with van der Waals surface area (Å²) < 4.78 is 5.18. The van der Waals surface area contributed by atoms with Crippen LogP contribution in [0.1, 0.15) is 37.3 Å². The number of anilines is 1. The molecule has 1 amide bonds. The lowest BCUT2D eigenvalue weighted by atomic mass is 9.99. The number of nitrogens with one attached hydrogen (secondary N) is 1. The molecule has 0 heterocycles. The lowest BCUT2D eigenvalue weighted by Crippen LogP contribution is -2.13. The third-order valence-corrected chi connectivity index (χ3v) is 3.55. The monoisotopic (exact) mass is 283 g/mol. The molecule has 0 spiro atoms. The molecule has 0 fully saturated rings. The summed E-state index contributed by atoms with van der Waals surface area (Å²) in [6.45, 7) is 4.63. The molecule has 110 valence electrons. The van der Waals surface area contributed by atoms with Gasteiger partial charge in [0.1, 0.15) is 6.61 Å². The zero-order valence-corrected chi connectivity index (χ0v) is 12.5. The van der Waals surface area contributed by atoms with Crippen LogP contribution < -0.4 is 5.32 Å². The van der Waals surface area contributed by atoms with Gasteiger partial charge in [-0.15, -0.1) is 0 Å². The standard InChI is InChI=1S/C18H21NO2/c1-3-14(2)16-9-11-17(12-10-16)19-18(20)21-13-15-7-5-4-6-8-15/h4-12,14H,3,13H2,1-2H3,(H,19,20). The molecule has 0 aliphatic heterocycles. The molecular weight excluding hydrogens is 262 g/mol. The van der Waals surface area contributed by atoms with Crippen LogP contribution in [0.5, 0.6) is 0 Å². The summed E-state index contributed by atoms with van der Waals surface area (Å²) in [5.74, 6) is 0.532. The molecule has 2 rings (SSSR count). The SMILES string of the molecule is CCC(C)c1ccc(NC(=O)OCc2ccccc2)cc1. The second-order valence-corrected chi connectivity index (χ2v) is 5.12. The van der Waals surface area contributed by atoms with Crippen LogP contribution in [0, 0.1) is 0 Å². The smallest absolute Gasteiger partial charge is 0.411 e. The molecule has 0 saturated heterocycles. The Morgan fingerprint density at radius 2 is 1.76 bits per heavy atom. The van der Waals surface area contributed by atoms with Gasteiger partial charge in [0.2, 0.25) is 0 Å². The lowest BCUT2D eigenvalue weighted by molar-refractivity contribution is 0.155. The minimum atomic E-state index is -0.435. The Morgan fingerprint density at radius 1 is 1.10 bits per heavy atom. The van der Waals surface area contributed by atoms with Crippen molar-refractivity contribution in [3.8, 4) is 0 Å². The summed E-state index contributed by atoms with van der Waals surface area (Å²) in [6, 6.07) is 17.5. The third-order valence-electron chi connectivity index (χ3n) is 3.55. The van der Waals surface area contributed by atoms with Crippen molar-refractivity contribution in [1.82, 2.24) is 0 Å². The Balaban J connectivity index is 1.85. The summed E-state index contributed by atoms with van der Waals surface area (Å²) in [6.07, 6.45) is 0.668. The first-order valence-electron chi connectivity index (χ1n) is 7.26. The van der Waals surface area contributed by atoms with Crippen molar-refractivity contribution in [2.75, 3.05) is 5.32 Å². The van der Waals surface area contributed by atoms with Gasteiger partial charge < -0.3 is 4.74 Å². The zero-order valence-electron chi connectivity index (χ0n) is 12.5. The van der Waals surface area contributed by atoms with E-state index in [0.29, 0.717) is 5.92 Å². The minimum Gasteiger partial charge on any atom is -0.444 e. The number of ether oxygens (including phenoxy) is 1. The summed E-state index contributed by atoms with van der Waals surface area (Å²) in [7, 11) is 0. The first-order chi connectivity index (χ1) is 10.2. The Labute approximate surface area is 126 Å². The number of rotatable bonds is 5. The fourth-order valence-corrected chi connectivity index (χ4v) is 2.01. The molecule has 0 aliphatic rings. The Hall–Kier alpha value is -2.29. The summed E-state index contributed by atoms with van der Waals surface area (Å²) in [5.41, 5.74) is 3.00. The maximum absolute atomic E-state index is 11.7. The van der Waals surface area contributed by atoms with Crippen LogP contribution in [0.4, 0.5) is 10.5 Å². The number of amides is 1. The lowest BCUT2D eigenvalue weighted by Gasteiger charge is -2.11. The van der Waals surface area contributed by atoms with Gasteiger partial charge in [-0.05, 0) is 35.6 Å². The number of hydrogen-bond donors (Lipinski definition) is 1. The highest BCUT2D eigenvalue weighted by atomic mass is 16.5. The fraction of sp³-hybridized carbons (Fsp3) is 0.278. The molecule has 0 bridgehead atoms. The number of benzene rings is 2. The van der Waals surface area contributed by atoms with Crippen LogP contribution in [-0.2, 0) is 11.3 Å². The van der Waals surface area contributed by atoms with Gasteiger partial charge in [-0.25, -0.2) is 4.79 Å². The molecule has 1 atom stereocenters. The van der Waals surface area contributed by atoms with Gasteiger partial charge in [-0.1, -0.05) is 56.3 Å². The predicted octanol–water partition coefficient (Wildman–Crippen LogP) is 4.95. The van der Waals surface area contributed by atoms with Crippen LogP contribution in [0.3, 0.4) is 0 Å². The molecule has 2 aromatic rings. The third kappa shape index (κ3) is 4.63. The van der Waals surface area contributed by atoms with Crippen LogP contribution in [0.25, 0.3) is 0 Å². The molecule has 1 unspecified atom stereocenters. The van der Waals surface area contributed by atoms with Crippen molar-refractivity contribution < 1.29 is 9.53 Å². The quantitative estimate of drug-likeness (QED) is 0.843. The van der Waals surface area contributed by atoms with Crippen molar-refractivity contribution in [1.29, 1.82) is 0 Å². The molecule has 0 saturated carbocycles. The maximum Gasteiger partial charge on any atom is 0.411 e. The normalized spacial score (nSPS) is 11.7. The first kappa shape index (κ1) is 15.1. The first-order valence-corrected chi connectivity index (χ1v) is 7.26. The average Bonchev–Trinajstić information content (AvgIpc) is 2.54. The van der Waals surface area contributed by atoms with E-state index in [2.05, 4.69) is 19.2 Å². The van der Waals surface area contributed by atoms with E-state index >= 15 is 0 Å². The van der Waals surface area contributed by atoms with Crippen molar-refractivity contribution in [2.45, 2.75) is 32.8 Å². The van der Waals surface area contributed by atoms with Crippen molar-refractivity contribution in [3.63, 3.8) is 0 Å². The van der Waals surface area contributed by atoms with E-state index in [1.165, 1.54) is 5.56 Å². The van der Waals surface area contributed by atoms with Crippen LogP contribution in [-0.4, -0.2) is 6.09 Å². The van der Waals surface area contributed by atoms with E-state index in [0.717, 1.165) is 17.7 Å². The molecule has 2 aromatic carbocycles. The molecule has 1 N–H and O–H groups in total. The summed E-state index contributed by atoms with van der Waals surface area (Å²) in [5, 5.41) is 2.74. The summed E-state index contributed by atoms with van der Waals surface area (Å²) >= 11 is 0. The highest BCUT2D eigenvalue weighted by Gasteiger charge is 2.05. The van der Waals surface area contributed by atoms with Gasteiger partial charge in [-0.2, -0.15) is 0 Å². The average molecular weight is 283 g/mol. The van der Waals surface area contributed by atoms with E-state index in [1.807, 2.05) is 54.6 Å². The van der Waals surface area contributed by atoms with Gasteiger partial charge in [-0.3, -0.25) is 5.32 Å². The molecule has 0 aromatic heterocycles. The summed E-state index contributed by atoms with van der Waals surface area (Å²) in [4.78, 5) is 11.7. The van der Waals surface area contributed by atoms with E-state index in [9.17, 15) is 4.79 Å². The van der Waals surface area contributed by atoms with Crippen LogP contribution in [0.15, 0.2) is 54.6 Å².